The molecule has 0 aromatic heterocycles. The Bertz CT molecular complexity index is 281. The van der Waals surface area contributed by atoms with Crippen molar-refractivity contribution < 1.29 is 0 Å². The molecular formula is C17H29N. The molecule has 18 heavy (non-hydrogen) atoms. The molecule has 0 saturated carbocycles. The summed E-state index contributed by atoms with van der Waals surface area (Å²) in [6.45, 7) is 8.21. The Hall–Kier alpha value is -0.820. The quantitative estimate of drug-likeness (QED) is 0.549. The van der Waals surface area contributed by atoms with Crippen LogP contribution in [0.1, 0.15) is 51.5 Å². The lowest BCUT2D eigenvalue weighted by molar-refractivity contribution is 0.284. The minimum atomic E-state index is 1.18. The van der Waals surface area contributed by atoms with Gasteiger partial charge < -0.3 is 4.90 Å². The molecule has 0 bridgehead atoms. The van der Waals surface area contributed by atoms with Gasteiger partial charge in [0.15, 0.2) is 0 Å². The lowest BCUT2D eigenvalue weighted by atomic mass is 10.1. The van der Waals surface area contributed by atoms with Crippen LogP contribution in [0.2, 0.25) is 0 Å². The number of likely N-dealkylation sites (N-methyl/N-ethyl adjacent to an activating group) is 1. The highest BCUT2D eigenvalue weighted by Crippen LogP contribution is 2.05. The van der Waals surface area contributed by atoms with Gasteiger partial charge in [-0.1, -0.05) is 69.9 Å². The highest BCUT2D eigenvalue weighted by molar-refractivity contribution is 5.14. The summed E-state index contributed by atoms with van der Waals surface area (Å²) in [7, 11) is 0. The minimum absolute atomic E-state index is 1.18. The number of benzene rings is 1. The molecule has 0 aliphatic heterocycles. The van der Waals surface area contributed by atoms with E-state index in [0.717, 1.165) is 0 Å². The van der Waals surface area contributed by atoms with Crippen molar-refractivity contribution in [1.82, 2.24) is 4.90 Å². The third kappa shape index (κ3) is 6.80. The highest BCUT2D eigenvalue weighted by atomic mass is 15.1. The average Bonchev–Trinajstić information content (AvgIpc) is 2.43. The van der Waals surface area contributed by atoms with Crippen molar-refractivity contribution >= 4 is 0 Å². The van der Waals surface area contributed by atoms with Crippen molar-refractivity contribution in [3.8, 4) is 0 Å². The van der Waals surface area contributed by atoms with Crippen LogP contribution in [0.5, 0.6) is 0 Å². The molecule has 1 aromatic carbocycles. The summed E-state index contributed by atoms with van der Waals surface area (Å²) in [6.07, 6.45) is 8.09. The first-order chi connectivity index (χ1) is 8.86. The molecule has 0 heterocycles. The first kappa shape index (κ1) is 15.2. The number of unbranched alkanes of at least 4 members (excludes halogenated alkanes) is 4. The van der Waals surface area contributed by atoms with Crippen LogP contribution in [0.25, 0.3) is 0 Å². The zero-order valence-electron chi connectivity index (χ0n) is 12.2. The molecule has 1 heteroatoms. The van der Waals surface area contributed by atoms with Crippen LogP contribution in [0, 0.1) is 0 Å². The Kier molecular flexibility index (Phi) is 8.58. The van der Waals surface area contributed by atoms with Crippen molar-refractivity contribution in [2.45, 2.75) is 52.4 Å². The Morgan fingerprint density at radius 2 is 1.56 bits per heavy atom. The smallest absolute Gasteiger partial charge is 0.00217 e. The van der Waals surface area contributed by atoms with E-state index in [2.05, 4.69) is 49.1 Å². The van der Waals surface area contributed by atoms with E-state index in [1.165, 1.54) is 63.7 Å². The molecule has 0 spiro atoms. The third-order valence-corrected chi connectivity index (χ3v) is 3.58. The van der Waals surface area contributed by atoms with E-state index in [-0.39, 0.29) is 0 Å². The van der Waals surface area contributed by atoms with Crippen LogP contribution in [-0.2, 0) is 6.42 Å². The van der Waals surface area contributed by atoms with Crippen molar-refractivity contribution in [1.29, 1.82) is 0 Å². The van der Waals surface area contributed by atoms with Crippen LogP contribution in [0.15, 0.2) is 30.3 Å². The second kappa shape index (κ2) is 10.1. The van der Waals surface area contributed by atoms with Gasteiger partial charge in [-0.2, -0.15) is 0 Å². The number of hydrogen-bond acceptors (Lipinski definition) is 1. The fourth-order valence-corrected chi connectivity index (χ4v) is 2.30. The summed E-state index contributed by atoms with van der Waals surface area (Å²) in [4.78, 5) is 2.58. The van der Waals surface area contributed by atoms with E-state index < -0.39 is 0 Å². The Labute approximate surface area is 113 Å². The van der Waals surface area contributed by atoms with Gasteiger partial charge in [-0.25, -0.2) is 0 Å². The van der Waals surface area contributed by atoms with E-state index in [1.54, 1.807) is 0 Å². The van der Waals surface area contributed by atoms with Crippen LogP contribution in [-0.4, -0.2) is 24.5 Å². The maximum atomic E-state index is 2.58. The number of hydrogen-bond donors (Lipinski definition) is 0. The van der Waals surface area contributed by atoms with Gasteiger partial charge in [-0.15, -0.1) is 0 Å². The Morgan fingerprint density at radius 1 is 0.833 bits per heavy atom. The first-order valence-electron chi connectivity index (χ1n) is 7.63. The van der Waals surface area contributed by atoms with Crippen LogP contribution < -0.4 is 0 Å². The maximum absolute atomic E-state index is 2.58. The van der Waals surface area contributed by atoms with Gasteiger partial charge in [-0.05, 0) is 31.5 Å². The van der Waals surface area contributed by atoms with E-state index in [4.69, 9.17) is 0 Å². The van der Waals surface area contributed by atoms with E-state index in [0.29, 0.717) is 0 Å². The molecule has 0 aliphatic rings. The molecule has 1 rings (SSSR count). The van der Waals surface area contributed by atoms with Crippen molar-refractivity contribution in [3.63, 3.8) is 0 Å². The molecule has 0 fully saturated rings. The maximum Gasteiger partial charge on any atom is 0.00217 e. The molecule has 0 atom stereocenters. The molecule has 0 amide bonds. The van der Waals surface area contributed by atoms with Crippen molar-refractivity contribution in [3.05, 3.63) is 35.9 Å². The van der Waals surface area contributed by atoms with Crippen LogP contribution >= 0.6 is 0 Å². The average molecular weight is 247 g/mol. The summed E-state index contributed by atoms with van der Waals surface area (Å²) in [5.74, 6) is 0. The zero-order chi connectivity index (χ0) is 13.1. The van der Waals surface area contributed by atoms with E-state index >= 15 is 0 Å². The van der Waals surface area contributed by atoms with Gasteiger partial charge in [0, 0.05) is 6.54 Å². The SMILES string of the molecule is CCCCCCCN(CC)CCc1ccccc1. The summed E-state index contributed by atoms with van der Waals surface area (Å²) in [5, 5.41) is 0. The van der Waals surface area contributed by atoms with Crippen LogP contribution in [0.4, 0.5) is 0 Å². The molecule has 0 saturated heterocycles. The van der Waals surface area contributed by atoms with Gasteiger partial charge in [0.25, 0.3) is 0 Å². The summed E-state index contributed by atoms with van der Waals surface area (Å²) in [5.41, 5.74) is 1.46. The number of nitrogens with zero attached hydrogens (tertiary/aromatic N) is 1. The molecule has 102 valence electrons. The Morgan fingerprint density at radius 3 is 2.22 bits per heavy atom. The normalized spacial score (nSPS) is 11.1. The fraction of sp³-hybridized carbons (Fsp3) is 0.647. The fourth-order valence-electron chi connectivity index (χ4n) is 2.30. The lowest BCUT2D eigenvalue weighted by Gasteiger charge is -2.20. The lowest BCUT2D eigenvalue weighted by Crippen LogP contribution is -2.27. The van der Waals surface area contributed by atoms with E-state index in [9.17, 15) is 0 Å². The largest absolute Gasteiger partial charge is 0.303 e. The van der Waals surface area contributed by atoms with Crippen molar-refractivity contribution in [2.24, 2.45) is 0 Å². The Balaban J connectivity index is 2.13. The molecule has 0 N–H and O–H groups in total. The molecular weight excluding hydrogens is 218 g/mol. The van der Waals surface area contributed by atoms with Gasteiger partial charge >= 0.3 is 0 Å². The van der Waals surface area contributed by atoms with Gasteiger partial charge in [0.2, 0.25) is 0 Å². The summed E-state index contributed by atoms with van der Waals surface area (Å²) < 4.78 is 0. The highest BCUT2D eigenvalue weighted by Gasteiger charge is 2.02. The first-order valence-corrected chi connectivity index (χ1v) is 7.63. The standard InChI is InChI=1S/C17H29N/c1-3-5-6-7-11-15-18(4-2)16-14-17-12-9-8-10-13-17/h8-10,12-13H,3-7,11,14-16H2,1-2H3. The molecule has 0 radical (unpaired) electrons. The molecule has 1 nitrogen and oxygen atoms in total. The predicted molar refractivity (Wildman–Crippen MR) is 81.0 cm³/mol. The van der Waals surface area contributed by atoms with E-state index in [1.807, 2.05) is 0 Å². The van der Waals surface area contributed by atoms with Crippen LogP contribution in [0.3, 0.4) is 0 Å². The topological polar surface area (TPSA) is 3.24 Å². The van der Waals surface area contributed by atoms with Gasteiger partial charge in [-0.3, -0.25) is 0 Å². The monoisotopic (exact) mass is 247 g/mol. The predicted octanol–water partition coefficient (Wildman–Crippen LogP) is 4.52. The summed E-state index contributed by atoms with van der Waals surface area (Å²) >= 11 is 0. The number of rotatable bonds is 10. The second-order valence-electron chi connectivity index (χ2n) is 5.08. The minimum Gasteiger partial charge on any atom is -0.303 e. The summed E-state index contributed by atoms with van der Waals surface area (Å²) in [6, 6.07) is 10.8. The van der Waals surface area contributed by atoms with Gasteiger partial charge in [0.05, 0.1) is 0 Å². The molecule has 0 aliphatic carbocycles. The van der Waals surface area contributed by atoms with Gasteiger partial charge in [0.1, 0.15) is 0 Å². The zero-order valence-corrected chi connectivity index (χ0v) is 12.2. The van der Waals surface area contributed by atoms with Crippen molar-refractivity contribution in [2.75, 3.05) is 19.6 Å². The third-order valence-electron chi connectivity index (χ3n) is 3.58. The molecule has 0 unspecified atom stereocenters. The second-order valence-corrected chi connectivity index (χ2v) is 5.08. The molecule has 1 aromatic rings.